The Labute approximate surface area is 191 Å². The summed E-state index contributed by atoms with van der Waals surface area (Å²) in [4.78, 5) is 45.2. The maximum atomic E-state index is 13.1. The molecule has 2 heterocycles. The van der Waals surface area contributed by atoms with Gasteiger partial charge in [0, 0.05) is 18.2 Å². The van der Waals surface area contributed by atoms with Crippen molar-refractivity contribution in [1.82, 2.24) is 14.5 Å². The normalized spacial score (nSPS) is 12.9. The number of pyridine rings is 1. The zero-order valence-corrected chi connectivity index (χ0v) is 18.8. The zero-order valence-electron chi connectivity index (χ0n) is 17.2. The van der Waals surface area contributed by atoms with Gasteiger partial charge in [0.15, 0.2) is 5.65 Å². The fourth-order valence-electron chi connectivity index (χ4n) is 3.40. The van der Waals surface area contributed by atoms with E-state index < -0.39 is 17.2 Å². The molecule has 0 spiro atoms. The van der Waals surface area contributed by atoms with E-state index in [0.717, 1.165) is 18.5 Å². The second-order valence-corrected chi connectivity index (χ2v) is 7.87. The first kappa shape index (κ1) is 24.4. The maximum absolute atomic E-state index is 13.1. The van der Waals surface area contributed by atoms with Crippen LogP contribution < -0.4 is 22.3 Å². The molecule has 1 aromatic carbocycles. The number of nitrogens with two attached hydrogens (primary N) is 1. The molecule has 2 aromatic heterocycles. The highest BCUT2D eigenvalue weighted by Gasteiger charge is 2.29. The van der Waals surface area contributed by atoms with E-state index in [0.29, 0.717) is 17.9 Å². The molecule has 1 saturated carbocycles. The van der Waals surface area contributed by atoms with Crippen LogP contribution in [0.15, 0.2) is 39.9 Å². The van der Waals surface area contributed by atoms with Crippen LogP contribution in [0.4, 0.5) is 11.4 Å². The third-order valence-corrected chi connectivity index (χ3v) is 4.97. The van der Waals surface area contributed by atoms with Gasteiger partial charge in [0.25, 0.3) is 11.5 Å². The number of halogens is 2. The summed E-state index contributed by atoms with van der Waals surface area (Å²) in [5, 5.41) is 2.89. The Kier molecular flexibility index (Phi) is 7.51. The highest BCUT2D eigenvalue weighted by atomic mass is 35.5. The molecule has 0 radical (unpaired) electrons. The number of benzene rings is 1. The Hall–Kier alpha value is -2.84. The van der Waals surface area contributed by atoms with Gasteiger partial charge < -0.3 is 11.1 Å². The number of anilines is 2. The maximum Gasteiger partial charge on any atom is 0.330 e. The van der Waals surface area contributed by atoms with Crippen LogP contribution in [0.2, 0.25) is 0 Å². The molecule has 3 aromatic rings. The number of aromatic nitrogens is 3. The molecule has 4 N–H and O–H groups in total. The summed E-state index contributed by atoms with van der Waals surface area (Å²) < 4.78 is 1.45. The second-order valence-electron chi connectivity index (χ2n) is 7.87. The standard InChI is InChI=1S/C21H23N5O3.2ClH/c1-11(2)10-26-18-17(20(28)25-21(26)29)13(9-16(23-18)12-7-8-12)19(27)24-15-6-4-3-5-14(15)22;;/h3-6,9,11-12H,7-8,10,22H2,1-2H3,(H,24,27)(H,25,28,29);2*1H. The van der Waals surface area contributed by atoms with E-state index in [4.69, 9.17) is 5.73 Å². The number of nitrogens with one attached hydrogen (secondary N) is 2. The number of amides is 1. The number of fused-ring (bicyclic) bond motifs is 1. The van der Waals surface area contributed by atoms with Crippen molar-refractivity contribution in [3.63, 3.8) is 0 Å². The van der Waals surface area contributed by atoms with E-state index in [1.165, 1.54) is 4.57 Å². The molecule has 1 aliphatic rings. The molecule has 1 fully saturated rings. The average Bonchev–Trinajstić information content (AvgIpc) is 3.51. The van der Waals surface area contributed by atoms with E-state index in [1.54, 1.807) is 30.3 Å². The van der Waals surface area contributed by atoms with Crippen LogP contribution in [-0.2, 0) is 6.54 Å². The SMILES string of the molecule is CC(C)Cn1c(=O)[nH]c(=O)c2c(C(=O)Nc3ccccc3N)cc(C3CC3)nc21.Cl.Cl. The minimum Gasteiger partial charge on any atom is -0.397 e. The number of nitrogen functional groups attached to an aromatic ring is 1. The monoisotopic (exact) mass is 465 g/mol. The molecule has 0 aliphatic heterocycles. The van der Waals surface area contributed by atoms with Crippen molar-refractivity contribution in [2.75, 3.05) is 11.1 Å². The molecule has 0 atom stereocenters. The number of nitrogens with zero attached hydrogens (tertiary/aromatic N) is 2. The predicted octanol–water partition coefficient (Wildman–Crippen LogP) is 3.30. The third kappa shape index (κ3) is 4.91. The lowest BCUT2D eigenvalue weighted by Crippen LogP contribution is -2.33. The van der Waals surface area contributed by atoms with E-state index in [2.05, 4.69) is 15.3 Å². The number of hydrogen-bond acceptors (Lipinski definition) is 5. The second kappa shape index (κ2) is 9.53. The molecular weight excluding hydrogens is 441 g/mol. The number of carbonyl (C=O) groups is 1. The lowest BCUT2D eigenvalue weighted by atomic mass is 10.1. The van der Waals surface area contributed by atoms with Crippen LogP contribution in [-0.4, -0.2) is 20.4 Å². The van der Waals surface area contributed by atoms with E-state index in [-0.39, 0.29) is 53.2 Å². The Morgan fingerprint density at radius 3 is 2.55 bits per heavy atom. The third-order valence-electron chi connectivity index (χ3n) is 4.97. The predicted molar refractivity (Wildman–Crippen MR) is 127 cm³/mol. The summed E-state index contributed by atoms with van der Waals surface area (Å²) in [6.45, 7) is 4.33. The van der Waals surface area contributed by atoms with Crippen molar-refractivity contribution in [3.05, 3.63) is 62.4 Å². The molecule has 10 heteroatoms. The van der Waals surface area contributed by atoms with Gasteiger partial charge in [-0.15, -0.1) is 24.8 Å². The topological polar surface area (TPSA) is 123 Å². The molecule has 0 unspecified atom stereocenters. The lowest BCUT2D eigenvalue weighted by Gasteiger charge is -2.15. The molecule has 31 heavy (non-hydrogen) atoms. The molecule has 0 saturated heterocycles. The number of para-hydroxylation sites is 2. The first-order valence-electron chi connectivity index (χ1n) is 9.68. The molecule has 4 rings (SSSR count). The minimum atomic E-state index is -0.619. The lowest BCUT2D eigenvalue weighted by molar-refractivity contribution is 0.102. The molecule has 8 nitrogen and oxygen atoms in total. The van der Waals surface area contributed by atoms with Gasteiger partial charge in [0.1, 0.15) is 0 Å². The Bertz CT molecular complexity index is 1230. The molecule has 166 valence electrons. The van der Waals surface area contributed by atoms with Crippen LogP contribution in [0.25, 0.3) is 11.0 Å². The summed E-state index contributed by atoms with van der Waals surface area (Å²) in [6.07, 6.45) is 1.95. The van der Waals surface area contributed by atoms with Crippen LogP contribution in [0.3, 0.4) is 0 Å². The van der Waals surface area contributed by atoms with Crippen LogP contribution in [0.5, 0.6) is 0 Å². The highest BCUT2D eigenvalue weighted by molar-refractivity contribution is 6.12. The highest BCUT2D eigenvalue weighted by Crippen LogP contribution is 2.40. The van der Waals surface area contributed by atoms with Gasteiger partial charge in [0.2, 0.25) is 0 Å². The molecule has 1 amide bonds. The Balaban J connectivity index is 0.00000171. The van der Waals surface area contributed by atoms with Crippen molar-refractivity contribution in [3.8, 4) is 0 Å². The van der Waals surface area contributed by atoms with Crippen molar-refractivity contribution in [2.45, 2.75) is 39.2 Å². The van der Waals surface area contributed by atoms with E-state index >= 15 is 0 Å². The molecule has 1 aliphatic carbocycles. The summed E-state index contributed by atoms with van der Waals surface area (Å²) in [7, 11) is 0. The average molecular weight is 466 g/mol. The smallest absolute Gasteiger partial charge is 0.330 e. The first-order chi connectivity index (χ1) is 13.8. The molecule has 0 bridgehead atoms. The number of rotatable bonds is 5. The van der Waals surface area contributed by atoms with Gasteiger partial charge in [-0.2, -0.15) is 0 Å². The number of carbonyl (C=O) groups excluding carboxylic acids is 1. The number of hydrogen-bond donors (Lipinski definition) is 3. The fraction of sp³-hybridized carbons (Fsp3) is 0.333. The number of aromatic amines is 1. The van der Waals surface area contributed by atoms with Gasteiger partial charge in [-0.1, -0.05) is 26.0 Å². The van der Waals surface area contributed by atoms with Crippen molar-refractivity contribution in [1.29, 1.82) is 0 Å². The first-order valence-corrected chi connectivity index (χ1v) is 9.68. The quantitative estimate of drug-likeness (QED) is 0.498. The minimum absolute atomic E-state index is 0. The Morgan fingerprint density at radius 2 is 1.94 bits per heavy atom. The van der Waals surface area contributed by atoms with Crippen molar-refractivity contribution >= 4 is 53.1 Å². The largest absolute Gasteiger partial charge is 0.397 e. The van der Waals surface area contributed by atoms with Crippen molar-refractivity contribution in [2.24, 2.45) is 5.92 Å². The van der Waals surface area contributed by atoms with Crippen LogP contribution >= 0.6 is 24.8 Å². The van der Waals surface area contributed by atoms with Crippen LogP contribution in [0, 0.1) is 5.92 Å². The van der Waals surface area contributed by atoms with Gasteiger partial charge in [-0.05, 0) is 37.0 Å². The van der Waals surface area contributed by atoms with Gasteiger partial charge in [-0.3, -0.25) is 19.1 Å². The van der Waals surface area contributed by atoms with E-state index in [9.17, 15) is 14.4 Å². The summed E-state index contributed by atoms with van der Waals surface area (Å²) in [5.41, 5.74) is 6.86. The summed E-state index contributed by atoms with van der Waals surface area (Å²) in [5.74, 6) is -0.0540. The van der Waals surface area contributed by atoms with Gasteiger partial charge >= 0.3 is 5.69 Å². The number of H-pyrrole nitrogens is 1. The van der Waals surface area contributed by atoms with E-state index in [1.807, 2.05) is 13.8 Å². The fourth-order valence-corrected chi connectivity index (χ4v) is 3.40. The summed E-state index contributed by atoms with van der Waals surface area (Å²) in [6, 6.07) is 8.57. The van der Waals surface area contributed by atoms with Gasteiger partial charge in [0.05, 0.1) is 22.3 Å². The van der Waals surface area contributed by atoms with Crippen molar-refractivity contribution < 1.29 is 4.79 Å². The Morgan fingerprint density at radius 1 is 1.26 bits per heavy atom. The zero-order chi connectivity index (χ0) is 20.7. The summed E-state index contributed by atoms with van der Waals surface area (Å²) >= 11 is 0. The molecular formula is C21H25Cl2N5O3. The van der Waals surface area contributed by atoms with Crippen LogP contribution in [0.1, 0.15) is 48.7 Å². The van der Waals surface area contributed by atoms with Gasteiger partial charge in [-0.25, -0.2) is 9.78 Å².